The van der Waals surface area contributed by atoms with E-state index in [-0.39, 0.29) is 13.0 Å². The van der Waals surface area contributed by atoms with Crippen molar-refractivity contribution in [3.8, 4) is 0 Å². The topological polar surface area (TPSA) is 154 Å². The molecule has 0 aromatic heterocycles. The molecule has 0 spiro atoms. The first-order valence-corrected chi connectivity index (χ1v) is 10.4. The standard InChI is InChI=1S/C19H27O9P/c1-19(23,12-11-16-9-7-10-18(22)27-16)17(28-29(24,25)26)14-15(21)8-5-3-2-4-6-13-20/h2-8,10-12,15-17,20-21,23H,9,13-14H2,1H3,(H2,24,25,26)/t15-,16+,17+,19+/m0/s1. The monoisotopic (exact) mass is 430 g/mol. The Bertz CT molecular complexity index is 715. The number of allylic oxidation sites excluding steroid dienone is 4. The highest BCUT2D eigenvalue weighted by Gasteiger charge is 2.37. The fraction of sp³-hybridized carbons (Fsp3) is 0.421. The molecule has 1 aliphatic heterocycles. The average Bonchev–Trinajstić information content (AvgIpc) is 2.61. The summed E-state index contributed by atoms with van der Waals surface area (Å²) in [5.74, 6) is -0.531. The van der Waals surface area contributed by atoms with Gasteiger partial charge in [-0.2, -0.15) is 0 Å². The van der Waals surface area contributed by atoms with Crippen LogP contribution in [-0.4, -0.2) is 61.6 Å². The van der Waals surface area contributed by atoms with Crippen molar-refractivity contribution in [2.24, 2.45) is 0 Å². The van der Waals surface area contributed by atoms with Crippen LogP contribution in [0.15, 0.2) is 60.8 Å². The van der Waals surface area contributed by atoms with E-state index < -0.39 is 37.7 Å². The SMILES string of the molecule is C[C@@](O)(C=C[C@H]1CC=CC(=O)O1)[C@@H](C[C@@H](O)C=CC=CC=CCO)OP(=O)(O)O. The van der Waals surface area contributed by atoms with Gasteiger partial charge in [0.05, 0.1) is 12.7 Å². The molecule has 1 rings (SSSR count). The van der Waals surface area contributed by atoms with Gasteiger partial charge in [0.1, 0.15) is 17.8 Å². The normalized spacial score (nSPS) is 22.6. The van der Waals surface area contributed by atoms with Crippen molar-refractivity contribution in [3.05, 3.63) is 60.8 Å². The highest BCUT2D eigenvalue weighted by atomic mass is 31.2. The molecule has 5 N–H and O–H groups in total. The highest BCUT2D eigenvalue weighted by molar-refractivity contribution is 7.46. The minimum atomic E-state index is -4.96. The van der Waals surface area contributed by atoms with Crippen LogP contribution < -0.4 is 0 Å². The van der Waals surface area contributed by atoms with Gasteiger partial charge in [-0.05, 0) is 13.0 Å². The van der Waals surface area contributed by atoms with Gasteiger partial charge in [0.15, 0.2) is 0 Å². The third-order valence-electron chi connectivity index (χ3n) is 3.82. The molecule has 10 heteroatoms. The fourth-order valence-electron chi connectivity index (χ4n) is 2.37. The second-order valence-electron chi connectivity index (χ2n) is 6.47. The molecule has 9 nitrogen and oxygen atoms in total. The predicted molar refractivity (Wildman–Crippen MR) is 105 cm³/mol. The number of aliphatic hydroxyl groups is 3. The molecule has 0 amide bonds. The summed E-state index contributed by atoms with van der Waals surface area (Å²) in [5, 5.41) is 29.4. The van der Waals surface area contributed by atoms with Gasteiger partial charge < -0.3 is 29.8 Å². The van der Waals surface area contributed by atoms with Crippen molar-refractivity contribution < 1.29 is 43.7 Å². The molecule has 0 aliphatic carbocycles. The van der Waals surface area contributed by atoms with Crippen LogP contribution in [0.2, 0.25) is 0 Å². The lowest BCUT2D eigenvalue weighted by molar-refractivity contribution is -0.141. The zero-order valence-electron chi connectivity index (χ0n) is 15.9. The van der Waals surface area contributed by atoms with E-state index in [4.69, 9.17) is 19.6 Å². The number of carbonyl (C=O) groups is 1. The Hall–Kier alpha value is -1.84. The number of carbonyl (C=O) groups excluding carboxylic acids is 1. The number of hydrogen-bond donors (Lipinski definition) is 5. The van der Waals surface area contributed by atoms with Crippen molar-refractivity contribution in [2.75, 3.05) is 6.61 Å². The molecule has 0 bridgehead atoms. The largest absolute Gasteiger partial charge is 0.469 e. The summed E-state index contributed by atoms with van der Waals surface area (Å²) < 4.78 is 21.0. The van der Waals surface area contributed by atoms with Crippen LogP contribution in [0.25, 0.3) is 0 Å². The quantitative estimate of drug-likeness (QED) is 0.140. The summed E-state index contributed by atoms with van der Waals surface area (Å²) in [5.41, 5.74) is -1.87. The van der Waals surface area contributed by atoms with Crippen LogP contribution in [-0.2, 0) is 18.6 Å². The fourth-order valence-corrected chi connectivity index (χ4v) is 3.01. The van der Waals surface area contributed by atoms with Crippen molar-refractivity contribution >= 4 is 13.8 Å². The van der Waals surface area contributed by atoms with Crippen LogP contribution in [0.4, 0.5) is 0 Å². The third kappa shape index (κ3) is 11.1. The van der Waals surface area contributed by atoms with Gasteiger partial charge in [0.25, 0.3) is 0 Å². The minimum absolute atomic E-state index is 0.100. The maximum absolute atomic E-state index is 11.3. The maximum atomic E-state index is 11.3. The number of rotatable bonds is 11. The smallest absolute Gasteiger partial charge is 0.455 e. The summed E-state index contributed by atoms with van der Waals surface area (Å²) >= 11 is 0. The molecular weight excluding hydrogens is 403 g/mol. The number of cyclic esters (lactones) is 1. The van der Waals surface area contributed by atoms with Crippen molar-refractivity contribution in [1.82, 2.24) is 0 Å². The molecule has 0 radical (unpaired) electrons. The molecule has 0 unspecified atom stereocenters. The van der Waals surface area contributed by atoms with Gasteiger partial charge in [-0.3, -0.25) is 4.52 Å². The zero-order valence-corrected chi connectivity index (χ0v) is 16.8. The Morgan fingerprint density at radius 1 is 1.34 bits per heavy atom. The Labute approximate surface area is 169 Å². The van der Waals surface area contributed by atoms with Gasteiger partial charge in [-0.1, -0.05) is 48.6 Å². The van der Waals surface area contributed by atoms with Crippen molar-refractivity contribution in [2.45, 2.75) is 43.7 Å². The number of phosphoric ester groups is 1. The summed E-state index contributed by atoms with van der Waals surface area (Å²) in [7, 11) is -4.96. The van der Waals surface area contributed by atoms with Gasteiger partial charge in [-0.25, -0.2) is 9.36 Å². The number of ether oxygens (including phenoxy) is 1. The van der Waals surface area contributed by atoms with Crippen LogP contribution >= 0.6 is 7.82 Å². The number of aliphatic hydroxyl groups excluding tert-OH is 2. The average molecular weight is 430 g/mol. The van der Waals surface area contributed by atoms with Gasteiger partial charge in [-0.15, -0.1) is 0 Å². The molecule has 0 fully saturated rings. The molecule has 4 atom stereocenters. The van der Waals surface area contributed by atoms with Gasteiger partial charge >= 0.3 is 13.8 Å². The number of hydrogen-bond acceptors (Lipinski definition) is 7. The van der Waals surface area contributed by atoms with E-state index in [2.05, 4.69) is 4.52 Å². The Balaban J connectivity index is 2.84. The molecule has 1 heterocycles. The second-order valence-corrected chi connectivity index (χ2v) is 7.66. The first-order valence-electron chi connectivity index (χ1n) is 8.85. The van der Waals surface area contributed by atoms with Crippen LogP contribution in [0.3, 0.4) is 0 Å². The molecule has 29 heavy (non-hydrogen) atoms. The summed E-state index contributed by atoms with van der Waals surface area (Å²) in [4.78, 5) is 29.6. The molecule has 0 saturated heterocycles. The lowest BCUT2D eigenvalue weighted by Gasteiger charge is -2.31. The molecule has 0 aromatic carbocycles. The summed E-state index contributed by atoms with van der Waals surface area (Å²) in [6, 6.07) is 0. The van der Waals surface area contributed by atoms with E-state index in [0.717, 1.165) is 0 Å². The lowest BCUT2D eigenvalue weighted by atomic mass is 9.93. The third-order valence-corrected chi connectivity index (χ3v) is 4.35. The Kier molecular flexibility index (Phi) is 10.4. The van der Waals surface area contributed by atoms with Crippen LogP contribution in [0.5, 0.6) is 0 Å². The lowest BCUT2D eigenvalue weighted by Crippen LogP contribution is -2.41. The minimum Gasteiger partial charge on any atom is -0.455 e. The molecule has 162 valence electrons. The predicted octanol–water partition coefficient (Wildman–Crippen LogP) is 1.06. The summed E-state index contributed by atoms with van der Waals surface area (Å²) in [6.07, 6.45) is 11.5. The highest BCUT2D eigenvalue weighted by Crippen LogP contribution is 2.41. The second kappa shape index (κ2) is 12.0. The molecule has 0 aromatic rings. The zero-order chi connectivity index (χ0) is 21.9. The van der Waals surface area contributed by atoms with Crippen molar-refractivity contribution in [1.29, 1.82) is 0 Å². The van der Waals surface area contributed by atoms with Crippen molar-refractivity contribution in [3.63, 3.8) is 0 Å². The first kappa shape index (κ1) is 25.2. The summed E-state index contributed by atoms with van der Waals surface area (Å²) in [6.45, 7) is 1.16. The number of esters is 1. The Morgan fingerprint density at radius 2 is 2.03 bits per heavy atom. The van der Waals surface area contributed by atoms with Gasteiger partial charge in [0, 0.05) is 18.9 Å². The van der Waals surface area contributed by atoms with E-state index in [1.54, 1.807) is 24.3 Å². The Morgan fingerprint density at radius 3 is 2.66 bits per heavy atom. The van der Waals surface area contributed by atoms with E-state index in [1.807, 2.05) is 0 Å². The molecule has 1 aliphatic rings. The maximum Gasteiger partial charge on any atom is 0.469 e. The van der Waals surface area contributed by atoms with E-state index in [9.17, 15) is 19.6 Å². The van der Waals surface area contributed by atoms with E-state index >= 15 is 0 Å². The van der Waals surface area contributed by atoms with Crippen LogP contribution in [0, 0.1) is 0 Å². The van der Waals surface area contributed by atoms with Gasteiger partial charge in [0.2, 0.25) is 0 Å². The first-order chi connectivity index (χ1) is 13.5. The van der Waals surface area contributed by atoms with E-state index in [1.165, 1.54) is 43.4 Å². The molecular formula is C19H27O9P. The van der Waals surface area contributed by atoms with Crippen LogP contribution in [0.1, 0.15) is 19.8 Å². The van der Waals surface area contributed by atoms with E-state index in [0.29, 0.717) is 6.42 Å². The number of phosphoric acid groups is 1. The molecule has 0 saturated carbocycles.